The molecule has 0 amide bonds. The molecule has 0 unspecified atom stereocenters. The standard InChI is InChI=1S/C19H27F3N2O2/c1-4-8-23-9-6-15(7-10-23)24(5-2)17-12-14(19(20,21)22)11-16(13(17)3)18(25)26/h11-12,15H,4-10H2,1-3H3,(H,25,26). The lowest BCUT2D eigenvalue weighted by molar-refractivity contribution is -0.137. The number of rotatable bonds is 6. The molecule has 0 radical (unpaired) electrons. The van der Waals surface area contributed by atoms with Crippen molar-refractivity contribution < 1.29 is 23.1 Å². The molecule has 0 aliphatic carbocycles. The maximum atomic E-state index is 13.3. The van der Waals surface area contributed by atoms with E-state index in [1.54, 1.807) is 6.92 Å². The van der Waals surface area contributed by atoms with E-state index in [2.05, 4.69) is 11.8 Å². The number of benzene rings is 1. The predicted molar refractivity (Wildman–Crippen MR) is 95.9 cm³/mol. The van der Waals surface area contributed by atoms with Gasteiger partial charge in [0.25, 0.3) is 0 Å². The summed E-state index contributed by atoms with van der Waals surface area (Å²) in [4.78, 5) is 15.8. The molecular weight excluding hydrogens is 345 g/mol. The predicted octanol–water partition coefficient (Wildman–Crippen LogP) is 4.41. The van der Waals surface area contributed by atoms with Crippen molar-refractivity contribution in [2.75, 3.05) is 31.1 Å². The summed E-state index contributed by atoms with van der Waals surface area (Å²) in [6, 6.07) is 1.96. The number of carbonyl (C=O) groups is 1. The fraction of sp³-hybridized carbons (Fsp3) is 0.632. The van der Waals surface area contributed by atoms with E-state index >= 15 is 0 Å². The lowest BCUT2D eigenvalue weighted by Crippen LogP contribution is -2.45. The van der Waals surface area contributed by atoms with Crippen molar-refractivity contribution >= 4 is 11.7 Å². The Hall–Kier alpha value is -1.76. The zero-order chi connectivity index (χ0) is 19.5. The van der Waals surface area contributed by atoms with Crippen LogP contribution in [-0.4, -0.2) is 48.2 Å². The van der Waals surface area contributed by atoms with Crippen molar-refractivity contribution in [3.05, 3.63) is 28.8 Å². The Labute approximate surface area is 152 Å². The highest BCUT2D eigenvalue weighted by molar-refractivity contribution is 5.91. The molecule has 2 rings (SSSR count). The van der Waals surface area contributed by atoms with Crippen LogP contribution in [0.3, 0.4) is 0 Å². The van der Waals surface area contributed by atoms with E-state index in [9.17, 15) is 23.1 Å². The summed E-state index contributed by atoms with van der Waals surface area (Å²) in [5.41, 5.74) is -0.411. The first-order valence-corrected chi connectivity index (χ1v) is 9.13. The van der Waals surface area contributed by atoms with Gasteiger partial charge in [0.1, 0.15) is 0 Å². The summed E-state index contributed by atoms with van der Waals surface area (Å²) >= 11 is 0. The Kier molecular flexibility index (Phi) is 6.55. The lowest BCUT2D eigenvalue weighted by atomic mass is 9.97. The van der Waals surface area contributed by atoms with Crippen molar-refractivity contribution in [2.24, 2.45) is 0 Å². The van der Waals surface area contributed by atoms with Gasteiger partial charge in [0, 0.05) is 31.4 Å². The van der Waals surface area contributed by atoms with E-state index in [4.69, 9.17) is 0 Å². The first-order valence-electron chi connectivity index (χ1n) is 9.13. The third kappa shape index (κ3) is 4.50. The Bertz CT molecular complexity index is 638. The van der Waals surface area contributed by atoms with Crippen molar-refractivity contribution in [3.8, 4) is 0 Å². The Morgan fingerprint density at radius 1 is 1.27 bits per heavy atom. The zero-order valence-electron chi connectivity index (χ0n) is 15.6. The number of aromatic carboxylic acids is 1. The Balaban J connectivity index is 2.38. The van der Waals surface area contributed by atoms with Crippen LogP contribution in [0.2, 0.25) is 0 Å². The highest BCUT2D eigenvalue weighted by Crippen LogP contribution is 2.37. The second-order valence-corrected chi connectivity index (χ2v) is 6.83. The van der Waals surface area contributed by atoms with E-state index in [-0.39, 0.29) is 11.6 Å². The molecule has 1 saturated heterocycles. The van der Waals surface area contributed by atoms with E-state index in [0.717, 1.165) is 51.0 Å². The minimum absolute atomic E-state index is 0.122. The first kappa shape index (κ1) is 20.6. The number of likely N-dealkylation sites (tertiary alicyclic amines) is 1. The molecule has 0 spiro atoms. The van der Waals surface area contributed by atoms with Crippen LogP contribution in [0, 0.1) is 6.92 Å². The summed E-state index contributed by atoms with van der Waals surface area (Å²) in [6.07, 6.45) is -1.76. The molecule has 1 aromatic carbocycles. The summed E-state index contributed by atoms with van der Waals surface area (Å²) in [6.45, 7) is 9.03. The largest absolute Gasteiger partial charge is 0.478 e. The summed E-state index contributed by atoms with van der Waals surface area (Å²) in [5, 5.41) is 9.35. The number of carboxylic acids is 1. The quantitative estimate of drug-likeness (QED) is 0.803. The molecule has 4 nitrogen and oxygen atoms in total. The van der Waals surface area contributed by atoms with Crippen LogP contribution in [0.1, 0.15) is 54.6 Å². The van der Waals surface area contributed by atoms with Crippen LogP contribution in [0.5, 0.6) is 0 Å². The third-order valence-corrected chi connectivity index (χ3v) is 5.13. The Morgan fingerprint density at radius 3 is 2.35 bits per heavy atom. The van der Waals surface area contributed by atoms with Crippen LogP contribution in [-0.2, 0) is 6.18 Å². The molecule has 1 aliphatic heterocycles. The monoisotopic (exact) mass is 372 g/mol. The van der Waals surface area contributed by atoms with Gasteiger partial charge in [-0.15, -0.1) is 0 Å². The number of halogens is 3. The van der Waals surface area contributed by atoms with E-state index in [1.807, 2.05) is 11.8 Å². The molecule has 1 heterocycles. The topological polar surface area (TPSA) is 43.8 Å². The lowest BCUT2D eigenvalue weighted by Gasteiger charge is -2.40. The fourth-order valence-corrected chi connectivity index (χ4v) is 3.78. The highest BCUT2D eigenvalue weighted by Gasteiger charge is 2.34. The van der Waals surface area contributed by atoms with E-state index in [1.165, 1.54) is 0 Å². The number of carboxylic acid groups (broad SMARTS) is 1. The van der Waals surface area contributed by atoms with Crippen molar-refractivity contribution in [1.82, 2.24) is 4.90 Å². The second-order valence-electron chi connectivity index (χ2n) is 6.83. The van der Waals surface area contributed by atoms with Crippen LogP contribution in [0.25, 0.3) is 0 Å². The smallest absolute Gasteiger partial charge is 0.416 e. The van der Waals surface area contributed by atoms with E-state index in [0.29, 0.717) is 17.8 Å². The maximum Gasteiger partial charge on any atom is 0.416 e. The number of nitrogens with zero attached hydrogens (tertiary/aromatic N) is 2. The number of hydrogen-bond donors (Lipinski definition) is 1. The second kappa shape index (κ2) is 8.29. The van der Waals surface area contributed by atoms with Gasteiger partial charge in [0.2, 0.25) is 0 Å². The van der Waals surface area contributed by atoms with Crippen LogP contribution < -0.4 is 4.90 Å². The molecule has 146 valence electrons. The van der Waals surface area contributed by atoms with Crippen LogP contribution in [0.4, 0.5) is 18.9 Å². The molecule has 7 heteroatoms. The molecular formula is C19H27F3N2O2. The number of anilines is 1. The average Bonchev–Trinajstić information content (AvgIpc) is 2.57. The molecule has 1 N–H and O–H groups in total. The number of alkyl halides is 3. The Morgan fingerprint density at radius 2 is 1.88 bits per heavy atom. The minimum Gasteiger partial charge on any atom is -0.478 e. The maximum absolute atomic E-state index is 13.3. The molecule has 0 atom stereocenters. The van der Waals surface area contributed by atoms with Gasteiger partial charge in [0.05, 0.1) is 11.1 Å². The van der Waals surface area contributed by atoms with Gasteiger partial charge in [-0.1, -0.05) is 6.92 Å². The van der Waals surface area contributed by atoms with Crippen molar-refractivity contribution in [2.45, 2.75) is 52.3 Å². The molecule has 0 bridgehead atoms. The molecule has 1 aromatic rings. The summed E-state index contributed by atoms with van der Waals surface area (Å²) < 4.78 is 39.8. The van der Waals surface area contributed by atoms with E-state index < -0.39 is 17.7 Å². The highest BCUT2D eigenvalue weighted by atomic mass is 19.4. The van der Waals surface area contributed by atoms with Gasteiger partial charge in [-0.2, -0.15) is 13.2 Å². The van der Waals surface area contributed by atoms with Gasteiger partial charge in [-0.25, -0.2) is 4.79 Å². The molecule has 0 aromatic heterocycles. The normalized spacial score (nSPS) is 16.7. The van der Waals surface area contributed by atoms with Gasteiger partial charge >= 0.3 is 12.1 Å². The third-order valence-electron chi connectivity index (χ3n) is 5.13. The SMILES string of the molecule is CCCN1CCC(N(CC)c2cc(C(F)(F)F)cc(C(=O)O)c2C)CC1. The molecule has 1 fully saturated rings. The van der Waals surface area contributed by atoms with Gasteiger partial charge in [-0.3, -0.25) is 0 Å². The molecule has 26 heavy (non-hydrogen) atoms. The number of piperidine rings is 1. The average molecular weight is 372 g/mol. The van der Waals surface area contributed by atoms with Gasteiger partial charge in [-0.05, 0) is 57.4 Å². The van der Waals surface area contributed by atoms with Crippen molar-refractivity contribution in [1.29, 1.82) is 0 Å². The first-order chi connectivity index (χ1) is 12.2. The van der Waals surface area contributed by atoms with Gasteiger partial charge < -0.3 is 14.9 Å². The molecule has 0 saturated carbocycles. The summed E-state index contributed by atoms with van der Waals surface area (Å²) in [5.74, 6) is -1.33. The molecule has 1 aliphatic rings. The zero-order valence-corrected chi connectivity index (χ0v) is 15.6. The number of hydrogen-bond acceptors (Lipinski definition) is 3. The van der Waals surface area contributed by atoms with Crippen LogP contribution >= 0.6 is 0 Å². The van der Waals surface area contributed by atoms with Crippen molar-refractivity contribution in [3.63, 3.8) is 0 Å². The van der Waals surface area contributed by atoms with Gasteiger partial charge in [0.15, 0.2) is 0 Å². The summed E-state index contributed by atoms with van der Waals surface area (Å²) in [7, 11) is 0. The van der Waals surface area contributed by atoms with Crippen LogP contribution in [0.15, 0.2) is 12.1 Å². The fourth-order valence-electron chi connectivity index (χ4n) is 3.78. The minimum atomic E-state index is -4.57.